The smallest absolute Gasteiger partial charge is 0.288 e. The molecule has 2 amide bonds. The predicted molar refractivity (Wildman–Crippen MR) is 101 cm³/mol. The standard InChI is InChI=1S/C17H22Cl2N4O3/c18-13-7-6-12(8-14(13)19)22-17(25)10-26-23-15(20)9-16(24)21-11-4-2-1-3-5-11/h6-8,11H,1-5,9-10H2,(H2,20,23)(H,21,24)(H,22,25)/p+1. The minimum atomic E-state index is -0.407. The van der Waals surface area contributed by atoms with E-state index in [0.29, 0.717) is 15.7 Å². The van der Waals surface area contributed by atoms with Crippen molar-refractivity contribution in [1.82, 2.24) is 5.32 Å². The Balaban J connectivity index is 1.69. The lowest BCUT2D eigenvalue weighted by Crippen LogP contribution is -2.75. The van der Waals surface area contributed by atoms with Gasteiger partial charge in [-0.2, -0.15) is 0 Å². The van der Waals surface area contributed by atoms with E-state index in [1.54, 1.807) is 12.1 Å². The molecule has 142 valence electrons. The van der Waals surface area contributed by atoms with E-state index >= 15 is 0 Å². The molecular formula is C17H23Cl2N4O3+. The van der Waals surface area contributed by atoms with Crippen LogP contribution < -0.4 is 21.5 Å². The van der Waals surface area contributed by atoms with Crippen molar-refractivity contribution in [2.24, 2.45) is 5.73 Å². The summed E-state index contributed by atoms with van der Waals surface area (Å²) in [5.74, 6) is -0.429. The van der Waals surface area contributed by atoms with E-state index in [-0.39, 0.29) is 30.8 Å². The van der Waals surface area contributed by atoms with Crippen molar-refractivity contribution in [2.45, 2.75) is 44.6 Å². The topological polar surface area (TPSA) is 107 Å². The molecule has 0 bridgehead atoms. The van der Waals surface area contributed by atoms with Crippen molar-refractivity contribution in [3.8, 4) is 0 Å². The molecule has 0 heterocycles. The number of rotatable bonds is 7. The number of anilines is 1. The van der Waals surface area contributed by atoms with Gasteiger partial charge in [-0.05, 0) is 31.0 Å². The van der Waals surface area contributed by atoms with Crippen LogP contribution in [0.25, 0.3) is 0 Å². The van der Waals surface area contributed by atoms with E-state index < -0.39 is 5.91 Å². The van der Waals surface area contributed by atoms with E-state index in [9.17, 15) is 9.59 Å². The molecule has 1 aromatic carbocycles. The Hall–Kier alpha value is -1.99. The van der Waals surface area contributed by atoms with Gasteiger partial charge in [0.25, 0.3) is 11.7 Å². The van der Waals surface area contributed by atoms with Gasteiger partial charge in [0.2, 0.25) is 12.5 Å². The minimum absolute atomic E-state index is 0.00902. The lowest BCUT2D eigenvalue weighted by Gasteiger charge is -2.22. The van der Waals surface area contributed by atoms with Crippen molar-refractivity contribution in [3.05, 3.63) is 28.2 Å². The largest absolute Gasteiger partial charge is 0.353 e. The van der Waals surface area contributed by atoms with Crippen LogP contribution in [-0.4, -0.2) is 30.3 Å². The molecule has 5 N–H and O–H groups in total. The summed E-state index contributed by atoms with van der Waals surface area (Å²) in [4.78, 5) is 28.7. The zero-order valence-corrected chi connectivity index (χ0v) is 15.8. The van der Waals surface area contributed by atoms with Crippen LogP contribution in [0.3, 0.4) is 0 Å². The summed E-state index contributed by atoms with van der Waals surface area (Å²) in [7, 11) is 0. The van der Waals surface area contributed by atoms with Gasteiger partial charge in [-0.3, -0.25) is 15.3 Å². The fraction of sp³-hybridized carbons (Fsp3) is 0.471. The van der Waals surface area contributed by atoms with Gasteiger partial charge in [0.15, 0.2) is 0 Å². The molecule has 1 fully saturated rings. The molecule has 0 unspecified atom stereocenters. The molecule has 1 aromatic rings. The molecule has 26 heavy (non-hydrogen) atoms. The monoisotopic (exact) mass is 401 g/mol. The molecule has 0 atom stereocenters. The fourth-order valence-corrected chi connectivity index (χ4v) is 3.00. The van der Waals surface area contributed by atoms with Crippen molar-refractivity contribution >= 4 is 46.5 Å². The first-order chi connectivity index (χ1) is 12.4. The number of amides is 2. The third-order valence-corrected chi connectivity index (χ3v) is 4.67. The van der Waals surface area contributed by atoms with Crippen LogP contribution in [-0.2, 0) is 14.4 Å². The molecule has 1 saturated carbocycles. The quantitative estimate of drug-likeness (QED) is 0.312. The summed E-state index contributed by atoms with van der Waals surface area (Å²) < 4.78 is 0. The number of hydrogen-bond donors (Lipinski definition) is 4. The summed E-state index contributed by atoms with van der Waals surface area (Å²) >= 11 is 11.7. The Bertz CT molecular complexity index is 676. The zero-order chi connectivity index (χ0) is 18.9. The number of amidine groups is 1. The molecule has 7 nitrogen and oxygen atoms in total. The molecular weight excluding hydrogens is 379 g/mol. The molecule has 2 rings (SSSR count). The Morgan fingerprint density at radius 2 is 1.88 bits per heavy atom. The third kappa shape index (κ3) is 7.09. The van der Waals surface area contributed by atoms with Crippen LogP contribution in [0.5, 0.6) is 0 Å². The maximum Gasteiger partial charge on any atom is 0.288 e. The highest BCUT2D eigenvalue weighted by molar-refractivity contribution is 6.42. The second-order valence-electron chi connectivity index (χ2n) is 6.17. The molecule has 0 radical (unpaired) electrons. The summed E-state index contributed by atoms with van der Waals surface area (Å²) in [5, 5.41) is 8.71. The maximum atomic E-state index is 11.9. The summed E-state index contributed by atoms with van der Waals surface area (Å²) in [5.41, 5.74) is 6.21. The summed E-state index contributed by atoms with van der Waals surface area (Å²) in [6.45, 7) is -0.287. The van der Waals surface area contributed by atoms with E-state index in [1.165, 1.54) is 12.5 Å². The first-order valence-corrected chi connectivity index (χ1v) is 9.23. The van der Waals surface area contributed by atoms with E-state index in [1.807, 2.05) is 0 Å². The van der Waals surface area contributed by atoms with E-state index in [0.717, 1.165) is 25.7 Å². The summed E-state index contributed by atoms with van der Waals surface area (Å²) in [6, 6.07) is 4.96. The van der Waals surface area contributed by atoms with Crippen LogP contribution in [0, 0.1) is 0 Å². The van der Waals surface area contributed by atoms with Gasteiger partial charge < -0.3 is 15.5 Å². The summed E-state index contributed by atoms with van der Waals surface area (Å²) in [6.07, 6.45) is 5.50. The highest BCUT2D eigenvalue weighted by atomic mass is 35.5. The first-order valence-electron chi connectivity index (χ1n) is 8.47. The van der Waals surface area contributed by atoms with Crippen molar-refractivity contribution in [2.75, 3.05) is 11.9 Å². The van der Waals surface area contributed by atoms with Gasteiger partial charge in [0.05, 0.1) is 10.0 Å². The van der Waals surface area contributed by atoms with Crippen LogP contribution in [0.4, 0.5) is 5.69 Å². The van der Waals surface area contributed by atoms with Gasteiger partial charge in [-0.25, -0.2) is 0 Å². The minimum Gasteiger partial charge on any atom is -0.353 e. The molecule has 0 aromatic heterocycles. The molecule has 0 saturated heterocycles. The lowest BCUT2D eigenvalue weighted by atomic mass is 9.95. The van der Waals surface area contributed by atoms with Gasteiger partial charge in [0, 0.05) is 11.7 Å². The zero-order valence-electron chi connectivity index (χ0n) is 14.3. The Morgan fingerprint density at radius 3 is 2.58 bits per heavy atom. The predicted octanol–water partition coefficient (Wildman–Crippen LogP) is 1.14. The Morgan fingerprint density at radius 1 is 1.15 bits per heavy atom. The number of benzene rings is 1. The average Bonchev–Trinajstić information content (AvgIpc) is 2.59. The van der Waals surface area contributed by atoms with Crippen LogP contribution in [0.15, 0.2) is 18.2 Å². The molecule has 1 aliphatic carbocycles. The van der Waals surface area contributed by atoms with Gasteiger partial charge >= 0.3 is 0 Å². The second kappa shape index (κ2) is 10.2. The van der Waals surface area contributed by atoms with Crippen LogP contribution >= 0.6 is 23.2 Å². The normalized spacial score (nSPS) is 15.4. The first kappa shape index (κ1) is 20.3. The number of carbonyl (C=O) groups excluding carboxylic acids is 2. The highest BCUT2D eigenvalue weighted by Crippen LogP contribution is 2.24. The van der Waals surface area contributed by atoms with Crippen molar-refractivity contribution in [3.63, 3.8) is 0 Å². The van der Waals surface area contributed by atoms with Crippen LogP contribution in [0.1, 0.15) is 38.5 Å². The second-order valence-corrected chi connectivity index (χ2v) is 6.99. The van der Waals surface area contributed by atoms with Crippen molar-refractivity contribution < 1.29 is 19.6 Å². The van der Waals surface area contributed by atoms with E-state index in [4.69, 9.17) is 33.8 Å². The maximum absolute atomic E-state index is 11.9. The Labute approximate surface area is 162 Å². The average molecular weight is 402 g/mol. The lowest BCUT2D eigenvalue weighted by molar-refractivity contribution is -0.750. The molecule has 9 heteroatoms. The molecule has 0 spiro atoms. The number of halogens is 2. The molecule has 1 aliphatic rings. The van der Waals surface area contributed by atoms with Gasteiger partial charge in [0.1, 0.15) is 6.42 Å². The van der Waals surface area contributed by atoms with Crippen LogP contribution in [0.2, 0.25) is 10.0 Å². The number of hydrogen-bond acceptors (Lipinski definition) is 3. The fourth-order valence-electron chi connectivity index (χ4n) is 2.70. The third-order valence-electron chi connectivity index (χ3n) is 3.93. The van der Waals surface area contributed by atoms with E-state index in [2.05, 4.69) is 15.8 Å². The number of carbonyl (C=O) groups is 2. The van der Waals surface area contributed by atoms with Gasteiger partial charge in [-0.15, -0.1) is 0 Å². The van der Waals surface area contributed by atoms with Crippen molar-refractivity contribution in [1.29, 1.82) is 0 Å². The highest BCUT2D eigenvalue weighted by Gasteiger charge is 2.17. The number of nitrogens with one attached hydrogen (secondary N) is 3. The van der Waals surface area contributed by atoms with Gasteiger partial charge in [-0.1, -0.05) is 47.6 Å². The SMILES string of the molecule is NC(CC(=O)NC1CCCCC1)=[NH+]OCC(=O)Nc1ccc(Cl)c(Cl)c1. The Kier molecular flexibility index (Phi) is 8.00. The molecule has 0 aliphatic heterocycles. The number of nitrogens with two attached hydrogens (primary N) is 1.